The molecule has 6 heteroatoms. The Morgan fingerprint density at radius 2 is 1.78 bits per heavy atom. The molecule has 0 fully saturated rings. The topological polar surface area (TPSA) is 72.4 Å². The molecule has 2 aromatic rings. The molecule has 0 saturated heterocycles. The molecule has 2 rings (SSSR count). The Balaban J connectivity index is 2.10. The average Bonchev–Trinajstić information content (AvgIpc) is 2.94. The van der Waals surface area contributed by atoms with Gasteiger partial charge in [-0.25, -0.2) is 0 Å². The molecule has 1 heterocycles. The van der Waals surface area contributed by atoms with E-state index in [1.54, 1.807) is 7.11 Å². The molecule has 1 aromatic carbocycles. The minimum atomic E-state index is -0.255. The van der Waals surface area contributed by atoms with Crippen LogP contribution in [0, 0.1) is 13.8 Å². The van der Waals surface area contributed by atoms with Gasteiger partial charge in [-0.2, -0.15) is 0 Å². The van der Waals surface area contributed by atoms with Gasteiger partial charge in [0.1, 0.15) is 0 Å². The second-order valence-corrected chi connectivity index (χ2v) is 6.89. The third-order valence-electron chi connectivity index (χ3n) is 4.53. The predicted molar refractivity (Wildman–Crippen MR) is 107 cm³/mol. The number of carbonyl (C=O) groups is 2. The molecular weight excluding hydrogens is 342 g/mol. The van der Waals surface area contributed by atoms with Crippen molar-refractivity contribution in [2.24, 2.45) is 0 Å². The molecule has 27 heavy (non-hydrogen) atoms. The number of nitrogens with zero attached hydrogens (tertiary/aromatic N) is 1. The summed E-state index contributed by atoms with van der Waals surface area (Å²) >= 11 is 0. The Morgan fingerprint density at radius 3 is 2.37 bits per heavy atom. The van der Waals surface area contributed by atoms with Crippen LogP contribution in [-0.2, 0) is 9.53 Å². The van der Waals surface area contributed by atoms with Crippen LogP contribution < -0.4 is 10.6 Å². The zero-order valence-corrected chi connectivity index (χ0v) is 16.8. The standard InChI is InChI=1S/C21H29N3O3/c1-14(2)17-6-8-18(9-7-17)24-15(3)12-19(16(24)4)21(26)23-13-20(25)22-10-11-27-5/h6-9,12,14H,10-11,13H2,1-5H3,(H,22,25)(H,23,26). The van der Waals surface area contributed by atoms with Crippen LogP contribution in [0.25, 0.3) is 5.69 Å². The first-order chi connectivity index (χ1) is 12.8. The number of aromatic nitrogens is 1. The fourth-order valence-electron chi connectivity index (χ4n) is 3.01. The normalized spacial score (nSPS) is 10.9. The Hall–Kier alpha value is -2.60. The lowest BCUT2D eigenvalue weighted by molar-refractivity contribution is -0.120. The van der Waals surface area contributed by atoms with Crippen molar-refractivity contribution < 1.29 is 14.3 Å². The number of methoxy groups -OCH3 is 1. The van der Waals surface area contributed by atoms with Crippen LogP contribution in [0.5, 0.6) is 0 Å². The lowest BCUT2D eigenvalue weighted by Crippen LogP contribution is -2.38. The number of ether oxygens (including phenoxy) is 1. The van der Waals surface area contributed by atoms with Crippen LogP contribution >= 0.6 is 0 Å². The van der Waals surface area contributed by atoms with Crippen LogP contribution in [0.4, 0.5) is 0 Å². The van der Waals surface area contributed by atoms with E-state index in [9.17, 15) is 9.59 Å². The van der Waals surface area contributed by atoms with Crippen LogP contribution in [0.2, 0.25) is 0 Å². The molecule has 0 aliphatic rings. The van der Waals surface area contributed by atoms with Crippen molar-refractivity contribution in [3.8, 4) is 5.69 Å². The zero-order valence-electron chi connectivity index (χ0n) is 16.8. The van der Waals surface area contributed by atoms with E-state index in [1.165, 1.54) is 5.56 Å². The first kappa shape index (κ1) is 20.7. The predicted octanol–water partition coefficient (Wildman–Crippen LogP) is 2.71. The first-order valence-electron chi connectivity index (χ1n) is 9.18. The molecule has 0 unspecified atom stereocenters. The number of benzene rings is 1. The second-order valence-electron chi connectivity index (χ2n) is 6.89. The zero-order chi connectivity index (χ0) is 20.0. The van der Waals surface area contributed by atoms with Crippen LogP contribution in [0.3, 0.4) is 0 Å². The number of rotatable bonds is 8. The van der Waals surface area contributed by atoms with Gasteiger partial charge in [0.05, 0.1) is 18.7 Å². The number of amides is 2. The first-order valence-corrected chi connectivity index (χ1v) is 9.18. The molecule has 2 amide bonds. The monoisotopic (exact) mass is 371 g/mol. The summed E-state index contributed by atoms with van der Waals surface area (Å²) in [6, 6.07) is 10.2. The fraction of sp³-hybridized carbons (Fsp3) is 0.429. The molecular formula is C21H29N3O3. The molecule has 0 aliphatic carbocycles. The third kappa shape index (κ3) is 5.20. The van der Waals surface area contributed by atoms with Crippen LogP contribution in [0.15, 0.2) is 30.3 Å². The largest absolute Gasteiger partial charge is 0.383 e. The van der Waals surface area contributed by atoms with Crippen molar-refractivity contribution in [3.05, 3.63) is 52.8 Å². The van der Waals surface area contributed by atoms with Gasteiger partial charge < -0.3 is 19.9 Å². The second kappa shape index (κ2) is 9.37. The van der Waals surface area contributed by atoms with Crippen molar-refractivity contribution in [1.29, 1.82) is 0 Å². The lowest BCUT2D eigenvalue weighted by Gasteiger charge is -2.12. The van der Waals surface area contributed by atoms with Gasteiger partial charge in [0.2, 0.25) is 5.91 Å². The summed E-state index contributed by atoms with van der Waals surface area (Å²) in [6.07, 6.45) is 0. The van der Waals surface area contributed by atoms with Gasteiger partial charge in [0.15, 0.2) is 0 Å². The van der Waals surface area contributed by atoms with Gasteiger partial charge in [0.25, 0.3) is 5.91 Å². The number of carbonyl (C=O) groups excluding carboxylic acids is 2. The lowest BCUT2D eigenvalue weighted by atomic mass is 10.0. The molecule has 2 N–H and O–H groups in total. The fourth-order valence-corrected chi connectivity index (χ4v) is 3.01. The van der Waals surface area contributed by atoms with Gasteiger partial charge in [-0.1, -0.05) is 26.0 Å². The molecule has 0 aliphatic heterocycles. The number of nitrogens with one attached hydrogen (secondary N) is 2. The maximum absolute atomic E-state index is 12.5. The highest BCUT2D eigenvalue weighted by Crippen LogP contribution is 2.23. The van der Waals surface area contributed by atoms with E-state index in [-0.39, 0.29) is 18.4 Å². The summed E-state index contributed by atoms with van der Waals surface area (Å²) in [6.45, 7) is 9.01. The van der Waals surface area contributed by atoms with Crippen molar-refractivity contribution >= 4 is 11.8 Å². The third-order valence-corrected chi connectivity index (χ3v) is 4.53. The molecule has 1 aromatic heterocycles. The smallest absolute Gasteiger partial charge is 0.253 e. The van der Waals surface area contributed by atoms with E-state index in [0.29, 0.717) is 24.6 Å². The van der Waals surface area contributed by atoms with Crippen molar-refractivity contribution in [3.63, 3.8) is 0 Å². The number of hydrogen-bond donors (Lipinski definition) is 2. The Morgan fingerprint density at radius 1 is 1.11 bits per heavy atom. The van der Waals surface area contributed by atoms with Crippen molar-refractivity contribution in [1.82, 2.24) is 15.2 Å². The Labute approximate surface area is 160 Å². The van der Waals surface area contributed by atoms with E-state index < -0.39 is 0 Å². The summed E-state index contributed by atoms with van der Waals surface area (Å²) in [5, 5.41) is 5.36. The van der Waals surface area contributed by atoms with Gasteiger partial charge in [-0.15, -0.1) is 0 Å². The summed E-state index contributed by atoms with van der Waals surface area (Å²) < 4.78 is 6.93. The summed E-state index contributed by atoms with van der Waals surface area (Å²) in [5.41, 5.74) is 4.69. The average molecular weight is 371 g/mol. The van der Waals surface area contributed by atoms with Gasteiger partial charge in [-0.05, 0) is 43.5 Å². The van der Waals surface area contributed by atoms with Crippen molar-refractivity contribution in [2.75, 3.05) is 26.8 Å². The molecule has 0 saturated carbocycles. The van der Waals surface area contributed by atoms with E-state index in [0.717, 1.165) is 17.1 Å². The van der Waals surface area contributed by atoms with Crippen LogP contribution in [0.1, 0.15) is 47.1 Å². The summed E-state index contributed by atoms with van der Waals surface area (Å²) in [4.78, 5) is 24.2. The number of aryl methyl sites for hydroxylation is 1. The molecule has 146 valence electrons. The highest BCUT2D eigenvalue weighted by atomic mass is 16.5. The maximum atomic E-state index is 12.5. The van der Waals surface area contributed by atoms with E-state index >= 15 is 0 Å². The highest BCUT2D eigenvalue weighted by Gasteiger charge is 2.17. The molecule has 0 spiro atoms. The van der Waals surface area contributed by atoms with E-state index in [4.69, 9.17) is 4.74 Å². The molecule has 0 atom stereocenters. The summed E-state index contributed by atoms with van der Waals surface area (Å²) in [7, 11) is 1.57. The number of hydrogen-bond acceptors (Lipinski definition) is 3. The Bertz CT molecular complexity index is 792. The summed E-state index contributed by atoms with van der Waals surface area (Å²) in [5.74, 6) is -0.0178. The van der Waals surface area contributed by atoms with Gasteiger partial charge >= 0.3 is 0 Å². The highest BCUT2D eigenvalue weighted by molar-refractivity contribution is 5.97. The van der Waals surface area contributed by atoms with E-state index in [2.05, 4.69) is 53.3 Å². The Kier molecular flexibility index (Phi) is 7.19. The SMILES string of the molecule is COCCNC(=O)CNC(=O)c1cc(C)n(-c2ccc(C(C)C)cc2)c1C. The quantitative estimate of drug-likeness (QED) is 0.701. The molecule has 0 radical (unpaired) electrons. The molecule has 0 bridgehead atoms. The van der Waals surface area contributed by atoms with Crippen molar-refractivity contribution in [2.45, 2.75) is 33.6 Å². The minimum Gasteiger partial charge on any atom is -0.383 e. The minimum absolute atomic E-state index is 0.0602. The van der Waals surface area contributed by atoms with Crippen LogP contribution in [-0.4, -0.2) is 43.2 Å². The molecule has 6 nitrogen and oxygen atoms in total. The van der Waals surface area contributed by atoms with Gasteiger partial charge in [0, 0.05) is 30.7 Å². The van der Waals surface area contributed by atoms with E-state index in [1.807, 2.05) is 19.9 Å². The van der Waals surface area contributed by atoms with Gasteiger partial charge in [-0.3, -0.25) is 9.59 Å². The maximum Gasteiger partial charge on any atom is 0.253 e.